The highest BCUT2D eigenvalue weighted by atomic mass is 16.6. The smallest absolute Gasteiger partial charge is 0.410 e. The highest BCUT2D eigenvalue weighted by molar-refractivity contribution is 5.80. The van der Waals surface area contributed by atoms with Crippen LogP contribution in [-0.4, -0.2) is 62.1 Å². The highest BCUT2D eigenvalue weighted by Crippen LogP contribution is 2.24. The van der Waals surface area contributed by atoms with Crippen LogP contribution in [0.25, 0.3) is 28.0 Å². The molecule has 0 aliphatic carbocycles. The molecule has 0 aromatic carbocycles. The van der Waals surface area contributed by atoms with Crippen LogP contribution in [0.5, 0.6) is 0 Å². The molecule has 4 aromatic rings. The second kappa shape index (κ2) is 8.92. The summed E-state index contributed by atoms with van der Waals surface area (Å²) in [6.45, 7) is 11.9. The lowest BCUT2D eigenvalue weighted by molar-refractivity contribution is 0.0263. The number of pyridine rings is 1. The molecule has 0 spiro atoms. The first kappa shape index (κ1) is 23.8. The third kappa shape index (κ3) is 4.75. The number of ether oxygens (including phenoxy) is 1. The van der Waals surface area contributed by atoms with Crippen molar-refractivity contribution in [3.8, 4) is 11.3 Å². The van der Waals surface area contributed by atoms with Crippen molar-refractivity contribution in [3.05, 3.63) is 52.4 Å². The summed E-state index contributed by atoms with van der Waals surface area (Å²) < 4.78 is 13.0. The van der Waals surface area contributed by atoms with E-state index in [2.05, 4.69) is 19.9 Å². The van der Waals surface area contributed by atoms with Crippen molar-refractivity contribution in [2.75, 3.05) is 31.1 Å². The molecule has 5 heterocycles. The van der Waals surface area contributed by atoms with Crippen LogP contribution in [0.4, 0.5) is 10.6 Å². The van der Waals surface area contributed by atoms with Crippen molar-refractivity contribution >= 4 is 28.7 Å². The number of imidazole rings is 1. The summed E-state index contributed by atoms with van der Waals surface area (Å²) in [6.07, 6.45) is 4.16. The van der Waals surface area contributed by atoms with Gasteiger partial charge in [0.25, 0.3) is 0 Å². The predicted octanol–water partition coefficient (Wildman–Crippen LogP) is 3.96. The normalized spacial score (nSPS) is 14.9. The Morgan fingerprint density at radius 2 is 1.83 bits per heavy atom. The summed E-state index contributed by atoms with van der Waals surface area (Å²) in [5, 5.41) is 0.710. The maximum Gasteiger partial charge on any atom is 0.410 e. The summed E-state index contributed by atoms with van der Waals surface area (Å²) in [4.78, 5) is 42.9. The van der Waals surface area contributed by atoms with Gasteiger partial charge in [-0.15, -0.1) is 0 Å². The monoisotopic (exact) mass is 490 g/mol. The Morgan fingerprint density at radius 3 is 2.61 bits per heavy atom. The molecule has 188 valence electrons. The van der Waals surface area contributed by atoms with Gasteiger partial charge in [0.2, 0.25) is 5.71 Å². The van der Waals surface area contributed by atoms with Crippen molar-refractivity contribution < 1.29 is 13.9 Å². The van der Waals surface area contributed by atoms with E-state index < -0.39 is 11.2 Å². The minimum atomic E-state index is -0.530. The van der Waals surface area contributed by atoms with Gasteiger partial charge < -0.3 is 23.4 Å². The summed E-state index contributed by atoms with van der Waals surface area (Å²) in [5.74, 6) is 0.703. The van der Waals surface area contributed by atoms with Gasteiger partial charge in [-0.2, -0.15) is 4.98 Å². The largest absolute Gasteiger partial charge is 0.444 e. The number of hydrogen-bond donors (Lipinski definition) is 0. The average molecular weight is 491 g/mol. The summed E-state index contributed by atoms with van der Waals surface area (Å²) in [7, 11) is 0. The number of carbonyl (C=O) groups is 1. The SMILES string of the molecule is Cc1cn2cc(-c3cc4ccc(N5CCCN(C(=O)OC(C)(C)C)CC5)nc4oc3=O)nc2c(C)n1. The van der Waals surface area contributed by atoms with E-state index in [1.807, 2.05) is 63.5 Å². The van der Waals surface area contributed by atoms with E-state index in [1.54, 1.807) is 11.0 Å². The molecular weight excluding hydrogens is 460 g/mol. The van der Waals surface area contributed by atoms with Gasteiger partial charge in [0.1, 0.15) is 11.4 Å². The van der Waals surface area contributed by atoms with E-state index in [4.69, 9.17) is 9.15 Å². The zero-order chi connectivity index (χ0) is 25.6. The third-order valence-electron chi connectivity index (χ3n) is 6.06. The quantitative estimate of drug-likeness (QED) is 0.416. The van der Waals surface area contributed by atoms with Crippen LogP contribution in [0, 0.1) is 13.8 Å². The summed E-state index contributed by atoms with van der Waals surface area (Å²) in [5.41, 5.74) is 2.51. The van der Waals surface area contributed by atoms with Gasteiger partial charge in [-0.05, 0) is 59.2 Å². The fourth-order valence-electron chi connectivity index (χ4n) is 4.43. The molecule has 0 bridgehead atoms. The molecule has 5 rings (SSSR count). The Balaban J connectivity index is 1.39. The standard InChI is InChI=1S/C26H30N6O4/c1-16-14-32-15-20(28-22(32)17(2)27-16)19-13-18-7-8-21(29-23(18)35-24(19)33)30-9-6-10-31(12-11-30)25(34)36-26(3,4)5/h7-8,13-15H,6,9-12H2,1-5H3. The molecular formula is C26H30N6O4. The molecule has 0 atom stereocenters. The first-order valence-electron chi connectivity index (χ1n) is 12.1. The molecule has 10 nitrogen and oxygen atoms in total. The minimum absolute atomic E-state index is 0.270. The predicted molar refractivity (Wildman–Crippen MR) is 136 cm³/mol. The van der Waals surface area contributed by atoms with E-state index in [0.717, 1.165) is 24.4 Å². The topological polar surface area (TPSA) is 106 Å². The molecule has 1 saturated heterocycles. The lowest BCUT2D eigenvalue weighted by atomic mass is 10.2. The van der Waals surface area contributed by atoms with Crippen molar-refractivity contribution in [1.29, 1.82) is 0 Å². The number of amides is 1. The molecule has 36 heavy (non-hydrogen) atoms. The molecule has 0 unspecified atom stereocenters. The Labute approximate surface area is 208 Å². The van der Waals surface area contributed by atoms with Gasteiger partial charge in [0, 0.05) is 44.0 Å². The number of fused-ring (bicyclic) bond motifs is 2. The molecule has 0 N–H and O–H groups in total. The average Bonchev–Trinajstić information content (AvgIpc) is 3.05. The summed E-state index contributed by atoms with van der Waals surface area (Å²) >= 11 is 0. The van der Waals surface area contributed by atoms with Crippen LogP contribution < -0.4 is 10.5 Å². The van der Waals surface area contributed by atoms with Gasteiger partial charge in [-0.25, -0.2) is 14.6 Å². The molecule has 1 amide bonds. The Bertz CT molecular complexity index is 1520. The Hall–Kier alpha value is -3.95. The number of carbonyl (C=O) groups excluding carboxylic acids is 1. The number of nitrogens with zero attached hydrogens (tertiary/aromatic N) is 6. The van der Waals surface area contributed by atoms with Crippen molar-refractivity contribution in [1.82, 2.24) is 24.3 Å². The zero-order valence-corrected chi connectivity index (χ0v) is 21.2. The summed E-state index contributed by atoms with van der Waals surface area (Å²) in [6, 6.07) is 5.58. The molecule has 1 aliphatic heterocycles. The van der Waals surface area contributed by atoms with Crippen LogP contribution in [0.1, 0.15) is 38.6 Å². The van der Waals surface area contributed by atoms with Crippen molar-refractivity contribution in [2.24, 2.45) is 0 Å². The molecule has 10 heteroatoms. The zero-order valence-electron chi connectivity index (χ0n) is 21.2. The number of aromatic nitrogens is 4. The van der Waals surface area contributed by atoms with Crippen LogP contribution in [0.2, 0.25) is 0 Å². The molecule has 0 radical (unpaired) electrons. The second-order valence-electron chi connectivity index (χ2n) is 10.1. The van der Waals surface area contributed by atoms with Gasteiger partial charge in [0.05, 0.1) is 22.6 Å². The molecule has 4 aromatic heterocycles. The molecule has 1 fully saturated rings. The number of anilines is 1. The Kier molecular flexibility index (Phi) is 5.89. The van der Waals surface area contributed by atoms with Crippen LogP contribution >= 0.6 is 0 Å². The molecule has 0 saturated carbocycles. The van der Waals surface area contributed by atoms with E-state index in [0.29, 0.717) is 47.7 Å². The van der Waals surface area contributed by atoms with Crippen LogP contribution in [-0.2, 0) is 4.74 Å². The maximum absolute atomic E-state index is 12.9. The first-order chi connectivity index (χ1) is 17.1. The highest BCUT2D eigenvalue weighted by Gasteiger charge is 2.25. The van der Waals surface area contributed by atoms with E-state index in [1.165, 1.54) is 0 Å². The fraction of sp³-hybridized carbons (Fsp3) is 0.423. The van der Waals surface area contributed by atoms with Gasteiger partial charge in [-0.1, -0.05) is 0 Å². The van der Waals surface area contributed by atoms with Gasteiger partial charge in [0.15, 0.2) is 5.65 Å². The van der Waals surface area contributed by atoms with Crippen molar-refractivity contribution in [3.63, 3.8) is 0 Å². The van der Waals surface area contributed by atoms with Crippen LogP contribution in [0.15, 0.2) is 39.8 Å². The third-order valence-corrected chi connectivity index (χ3v) is 6.06. The fourth-order valence-corrected chi connectivity index (χ4v) is 4.43. The van der Waals surface area contributed by atoms with Crippen molar-refractivity contribution in [2.45, 2.75) is 46.6 Å². The van der Waals surface area contributed by atoms with Crippen LogP contribution in [0.3, 0.4) is 0 Å². The lowest BCUT2D eigenvalue weighted by Gasteiger charge is -2.26. The number of aryl methyl sites for hydroxylation is 2. The number of hydrogen-bond acceptors (Lipinski definition) is 8. The Morgan fingerprint density at radius 1 is 1.03 bits per heavy atom. The minimum Gasteiger partial charge on any atom is -0.444 e. The van der Waals surface area contributed by atoms with Gasteiger partial charge in [-0.3, -0.25) is 4.98 Å². The second-order valence-corrected chi connectivity index (χ2v) is 10.1. The van der Waals surface area contributed by atoms with E-state index >= 15 is 0 Å². The maximum atomic E-state index is 12.9. The lowest BCUT2D eigenvalue weighted by Crippen LogP contribution is -2.39. The number of rotatable bonds is 2. The van der Waals surface area contributed by atoms with E-state index in [9.17, 15) is 9.59 Å². The molecule has 1 aliphatic rings. The van der Waals surface area contributed by atoms with Gasteiger partial charge >= 0.3 is 11.7 Å². The van der Waals surface area contributed by atoms with E-state index in [-0.39, 0.29) is 11.8 Å². The first-order valence-corrected chi connectivity index (χ1v) is 12.1.